The molecule has 112 valence electrons. The molecule has 0 radical (unpaired) electrons. The number of halogens is 3. The maximum Gasteiger partial charge on any atom is 0.406 e. The maximum atomic E-state index is 12.4. The van der Waals surface area contributed by atoms with E-state index in [-0.39, 0.29) is 19.5 Å². The lowest BCUT2D eigenvalue weighted by molar-refractivity contribution is -0.165. The van der Waals surface area contributed by atoms with Crippen LogP contribution >= 0.6 is 0 Å². The minimum absolute atomic E-state index is 0.0259. The number of nitrogens with zero attached hydrogens (tertiary/aromatic N) is 1. The summed E-state index contributed by atoms with van der Waals surface area (Å²) >= 11 is 0. The number of hydrogen-bond donors (Lipinski definition) is 1. The van der Waals surface area contributed by atoms with E-state index < -0.39 is 30.5 Å². The van der Waals surface area contributed by atoms with E-state index in [0.29, 0.717) is 11.3 Å². The summed E-state index contributed by atoms with van der Waals surface area (Å²) in [5, 5.41) is 0. The molecule has 5 nitrogen and oxygen atoms in total. The molecule has 1 unspecified atom stereocenters. The van der Waals surface area contributed by atoms with Gasteiger partial charge in [0.05, 0.1) is 19.4 Å². The number of carbonyl (C=O) groups is 2. The van der Waals surface area contributed by atoms with Crippen molar-refractivity contribution in [2.24, 2.45) is 11.7 Å². The zero-order chi connectivity index (χ0) is 15.1. The number of esters is 1. The van der Waals surface area contributed by atoms with Crippen LogP contribution in [0.3, 0.4) is 0 Å². The standard InChI is InChI=1S/C11H19F3N2O3/c1-3-8(6-15)10(18)16(7-11(12,13)14)5-4-9(17)19-2/h8H,3-7,15H2,1-2H3. The number of rotatable bonds is 7. The molecule has 0 saturated heterocycles. The van der Waals surface area contributed by atoms with Crippen molar-refractivity contribution in [3.8, 4) is 0 Å². The molecule has 0 fully saturated rings. The molecule has 0 aliphatic carbocycles. The average Bonchev–Trinajstić information content (AvgIpc) is 2.33. The molecule has 2 N–H and O–H groups in total. The fourth-order valence-corrected chi connectivity index (χ4v) is 1.51. The van der Waals surface area contributed by atoms with Gasteiger partial charge in [0.1, 0.15) is 6.54 Å². The summed E-state index contributed by atoms with van der Waals surface area (Å²) in [6.45, 7) is -0.0791. The normalized spacial score (nSPS) is 12.9. The Hall–Kier alpha value is -1.31. The lowest BCUT2D eigenvalue weighted by Gasteiger charge is -2.27. The van der Waals surface area contributed by atoms with Gasteiger partial charge in [0.25, 0.3) is 0 Å². The number of nitrogens with two attached hydrogens (primary N) is 1. The van der Waals surface area contributed by atoms with Gasteiger partial charge in [-0.25, -0.2) is 0 Å². The highest BCUT2D eigenvalue weighted by Crippen LogP contribution is 2.19. The fraction of sp³-hybridized carbons (Fsp3) is 0.818. The minimum Gasteiger partial charge on any atom is -0.469 e. The number of alkyl halides is 3. The second-order valence-corrected chi connectivity index (χ2v) is 4.04. The fourth-order valence-electron chi connectivity index (χ4n) is 1.51. The Bertz CT molecular complexity index is 304. The first-order valence-electron chi connectivity index (χ1n) is 5.87. The Labute approximate surface area is 109 Å². The van der Waals surface area contributed by atoms with E-state index in [1.807, 2.05) is 0 Å². The van der Waals surface area contributed by atoms with Crippen molar-refractivity contribution >= 4 is 11.9 Å². The summed E-state index contributed by atoms with van der Waals surface area (Å²) in [6.07, 6.45) is -4.44. The van der Waals surface area contributed by atoms with Crippen molar-refractivity contribution in [2.45, 2.75) is 25.9 Å². The van der Waals surface area contributed by atoms with Crippen LogP contribution in [-0.4, -0.2) is 49.7 Å². The molecule has 0 rings (SSSR count). The topological polar surface area (TPSA) is 72.6 Å². The number of ether oxygens (including phenoxy) is 1. The van der Waals surface area contributed by atoms with Gasteiger partial charge in [-0.1, -0.05) is 6.92 Å². The first kappa shape index (κ1) is 17.7. The van der Waals surface area contributed by atoms with Crippen LogP contribution in [0.25, 0.3) is 0 Å². The summed E-state index contributed by atoms with van der Waals surface area (Å²) < 4.78 is 41.5. The van der Waals surface area contributed by atoms with Crippen LogP contribution in [0.1, 0.15) is 19.8 Å². The molecule has 0 aliphatic heterocycles. The van der Waals surface area contributed by atoms with E-state index in [1.54, 1.807) is 6.92 Å². The van der Waals surface area contributed by atoms with Crippen LogP contribution in [0.4, 0.5) is 13.2 Å². The molecule has 1 amide bonds. The van der Waals surface area contributed by atoms with E-state index in [2.05, 4.69) is 4.74 Å². The first-order valence-corrected chi connectivity index (χ1v) is 5.87. The third-order valence-corrected chi connectivity index (χ3v) is 2.62. The van der Waals surface area contributed by atoms with Crippen LogP contribution in [0.5, 0.6) is 0 Å². The summed E-state index contributed by atoms with van der Waals surface area (Å²) in [6, 6.07) is 0. The van der Waals surface area contributed by atoms with E-state index in [1.165, 1.54) is 0 Å². The van der Waals surface area contributed by atoms with E-state index in [4.69, 9.17) is 5.73 Å². The first-order chi connectivity index (χ1) is 8.75. The largest absolute Gasteiger partial charge is 0.469 e. The lowest BCUT2D eigenvalue weighted by Crippen LogP contribution is -2.44. The highest BCUT2D eigenvalue weighted by atomic mass is 19.4. The predicted molar refractivity (Wildman–Crippen MR) is 62.1 cm³/mol. The average molecular weight is 284 g/mol. The number of methoxy groups -OCH3 is 1. The Morgan fingerprint density at radius 1 is 1.37 bits per heavy atom. The highest BCUT2D eigenvalue weighted by Gasteiger charge is 2.34. The third kappa shape index (κ3) is 7.00. The minimum atomic E-state index is -4.52. The third-order valence-electron chi connectivity index (χ3n) is 2.62. The molecule has 0 saturated carbocycles. The molecule has 0 spiro atoms. The van der Waals surface area contributed by atoms with Gasteiger partial charge in [0.15, 0.2) is 0 Å². The second kappa shape index (κ2) is 7.98. The molecule has 8 heteroatoms. The van der Waals surface area contributed by atoms with Gasteiger partial charge in [-0.05, 0) is 6.42 Å². The SMILES string of the molecule is CCC(CN)C(=O)N(CCC(=O)OC)CC(F)(F)F. The van der Waals surface area contributed by atoms with Gasteiger partial charge in [0.2, 0.25) is 5.91 Å². The van der Waals surface area contributed by atoms with E-state index in [0.717, 1.165) is 7.11 Å². The maximum absolute atomic E-state index is 12.4. The summed E-state index contributed by atoms with van der Waals surface area (Å²) in [7, 11) is 1.13. The van der Waals surface area contributed by atoms with Crippen LogP contribution in [-0.2, 0) is 14.3 Å². The van der Waals surface area contributed by atoms with Crippen LogP contribution < -0.4 is 5.73 Å². The Morgan fingerprint density at radius 3 is 2.32 bits per heavy atom. The van der Waals surface area contributed by atoms with Gasteiger partial charge < -0.3 is 15.4 Å². The molecule has 0 bridgehead atoms. The lowest BCUT2D eigenvalue weighted by atomic mass is 10.1. The highest BCUT2D eigenvalue weighted by molar-refractivity contribution is 5.79. The summed E-state index contributed by atoms with van der Waals surface area (Å²) in [5.74, 6) is -2.02. The zero-order valence-electron chi connectivity index (χ0n) is 11.0. The van der Waals surface area contributed by atoms with Gasteiger partial charge in [-0.15, -0.1) is 0 Å². The molecule has 0 aliphatic rings. The van der Waals surface area contributed by atoms with E-state index in [9.17, 15) is 22.8 Å². The van der Waals surface area contributed by atoms with Crippen molar-refractivity contribution in [3.63, 3.8) is 0 Å². The van der Waals surface area contributed by atoms with Gasteiger partial charge in [-0.2, -0.15) is 13.2 Å². The molecular formula is C11H19F3N2O3. The number of hydrogen-bond acceptors (Lipinski definition) is 4. The van der Waals surface area contributed by atoms with Crippen molar-refractivity contribution in [1.82, 2.24) is 4.90 Å². The number of amides is 1. The molecule has 0 aromatic rings. The molecular weight excluding hydrogens is 265 g/mol. The van der Waals surface area contributed by atoms with Gasteiger partial charge in [-0.3, -0.25) is 9.59 Å². The van der Waals surface area contributed by atoms with Crippen LogP contribution in [0.15, 0.2) is 0 Å². The molecule has 19 heavy (non-hydrogen) atoms. The monoisotopic (exact) mass is 284 g/mol. The van der Waals surface area contributed by atoms with Gasteiger partial charge >= 0.3 is 12.1 Å². The summed E-state index contributed by atoms with van der Waals surface area (Å²) in [4.78, 5) is 23.4. The van der Waals surface area contributed by atoms with Crippen LogP contribution in [0.2, 0.25) is 0 Å². The van der Waals surface area contributed by atoms with Crippen LogP contribution in [0, 0.1) is 5.92 Å². The molecule has 0 aromatic heterocycles. The zero-order valence-corrected chi connectivity index (χ0v) is 11.0. The second-order valence-electron chi connectivity index (χ2n) is 4.04. The molecule has 0 aromatic carbocycles. The molecule has 0 heterocycles. The van der Waals surface area contributed by atoms with Crippen molar-refractivity contribution in [1.29, 1.82) is 0 Å². The summed E-state index contributed by atoms with van der Waals surface area (Å²) in [5.41, 5.74) is 5.35. The van der Waals surface area contributed by atoms with E-state index >= 15 is 0 Å². The van der Waals surface area contributed by atoms with Crippen molar-refractivity contribution in [2.75, 3.05) is 26.7 Å². The number of carbonyl (C=O) groups excluding carboxylic acids is 2. The smallest absolute Gasteiger partial charge is 0.406 e. The van der Waals surface area contributed by atoms with Crippen molar-refractivity contribution in [3.05, 3.63) is 0 Å². The Kier molecular flexibility index (Phi) is 7.43. The Balaban J connectivity index is 4.74. The van der Waals surface area contributed by atoms with Gasteiger partial charge in [0, 0.05) is 13.1 Å². The molecule has 1 atom stereocenters. The quantitative estimate of drug-likeness (QED) is 0.706. The van der Waals surface area contributed by atoms with Crippen molar-refractivity contribution < 1.29 is 27.5 Å². The Morgan fingerprint density at radius 2 is 1.95 bits per heavy atom. The predicted octanol–water partition coefficient (Wildman–Crippen LogP) is 0.925.